The Morgan fingerprint density at radius 2 is 2.14 bits per heavy atom. The number of carbonyl (C=O) groups is 1. The number of hydrogen-bond donors (Lipinski definition) is 2. The van der Waals surface area contributed by atoms with Crippen LogP contribution in [0.3, 0.4) is 0 Å². The third kappa shape index (κ3) is 2.71. The van der Waals surface area contributed by atoms with Gasteiger partial charge < -0.3 is 20.5 Å². The molecule has 0 radical (unpaired) electrons. The average Bonchev–Trinajstić information content (AvgIpc) is 2.94. The lowest BCUT2D eigenvalue weighted by molar-refractivity contribution is 0.0951. The van der Waals surface area contributed by atoms with Crippen molar-refractivity contribution >= 4 is 11.7 Å². The lowest BCUT2D eigenvalue weighted by atomic mass is 10.2. The quantitative estimate of drug-likeness (QED) is 0.893. The van der Waals surface area contributed by atoms with E-state index in [9.17, 15) is 9.18 Å². The van der Waals surface area contributed by atoms with Crippen LogP contribution in [0.5, 0.6) is 11.5 Å². The molecule has 0 aliphatic carbocycles. The van der Waals surface area contributed by atoms with Gasteiger partial charge in [-0.25, -0.2) is 9.37 Å². The molecule has 0 unspecified atom stereocenters. The third-order valence-electron chi connectivity index (χ3n) is 3.02. The third-order valence-corrected chi connectivity index (χ3v) is 3.02. The molecule has 0 spiro atoms. The van der Waals surface area contributed by atoms with Crippen LogP contribution >= 0.6 is 0 Å². The van der Waals surface area contributed by atoms with Gasteiger partial charge in [0, 0.05) is 6.54 Å². The molecule has 3 rings (SSSR count). The summed E-state index contributed by atoms with van der Waals surface area (Å²) >= 11 is 0. The first kappa shape index (κ1) is 13.2. The van der Waals surface area contributed by atoms with Crippen LogP contribution in [0, 0.1) is 5.82 Å². The van der Waals surface area contributed by atoms with E-state index in [0.717, 1.165) is 17.8 Å². The van der Waals surface area contributed by atoms with Gasteiger partial charge in [-0.05, 0) is 23.8 Å². The summed E-state index contributed by atoms with van der Waals surface area (Å²) in [6, 6.07) is 6.40. The summed E-state index contributed by atoms with van der Waals surface area (Å²) in [6.07, 6.45) is 0.962. The number of halogens is 1. The Balaban J connectivity index is 1.70. The van der Waals surface area contributed by atoms with Crippen LogP contribution in [0.15, 0.2) is 30.5 Å². The number of amides is 1. The van der Waals surface area contributed by atoms with Gasteiger partial charge in [0.05, 0.1) is 11.8 Å². The number of nitrogens with two attached hydrogens (primary N) is 1. The highest BCUT2D eigenvalue weighted by Gasteiger charge is 2.15. The topological polar surface area (TPSA) is 86.5 Å². The van der Waals surface area contributed by atoms with Crippen LogP contribution in [0.2, 0.25) is 0 Å². The molecule has 21 heavy (non-hydrogen) atoms. The Hall–Kier alpha value is -2.83. The van der Waals surface area contributed by atoms with Crippen LogP contribution in [0.25, 0.3) is 0 Å². The fourth-order valence-corrected chi connectivity index (χ4v) is 1.96. The van der Waals surface area contributed by atoms with Gasteiger partial charge in [0.2, 0.25) is 6.79 Å². The molecule has 108 valence electrons. The van der Waals surface area contributed by atoms with E-state index in [-0.39, 0.29) is 24.7 Å². The number of anilines is 1. The average molecular weight is 289 g/mol. The molecule has 1 aromatic carbocycles. The Morgan fingerprint density at radius 1 is 1.33 bits per heavy atom. The van der Waals surface area contributed by atoms with Gasteiger partial charge in [0.1, 0.15) is 11.6 Å². The van der Waals surface area contributed by atoms with E-state index in [1.807, 2.05) is 0 Å². The normalized spacial score (nSPS) is 12.2. The summed E-state index contributed by atoms with van der Waals surface area (Å²) < 4.78 is 23.5. The second kappa shape index (κ2) is 5.28. The van der Waals surface area contributed by atoms with Crippen LogP contribution in [-0.2, 0) is 6.54 Å². The lowest BCUT2D eigenvalue weighted by Gasteiger charge is -2.07. The van der Waals surface area contributed by atoms with Crippen LogP contribution in [0.1, 0.15) is 15.9 Å². The number of nitrogens with one attached hydrogen (secondary N) is 1. The first-order chi connectivity index (χ1) is 10.1. The van der Waals surface area contributed by atoms with Gasteiger partial charge >= 0.3 is 0 Å². The molecule has 1 aliphatic heterocycles. The fourth-order valence-electron chi connectivity index (χ4n) is 1.96. The summed E-state index contributed by atoms with van der Waals surface area (Å²) in [5.74, 6) is 0.187. The number of ether oxygens (including phenoxy) is 2. The van der Waals surface area contributed by atoms with Crippen LogP contribution in [0.4, 0.5) is 10.2 Å². The number of hydrogen-bond acceptors (Lipinski definition) is 5. The van der Waals surface area contributed by atoms with E-state index >= 15 is 0 Å². The molecule has 0 bridgehead atoms. The minimum Gasteiger partial charge on any atom is -0.454 e. The van der Waals surface area contributed by atoms with Crippen molar-refractivity contribution in [2.24, 2.45) is 0 Å². The molecule has 1 amide bonds. The van der Waals surface area contributed by atoms with E-state index < -0.39 is 11.7 Å². The Kier molecular flexibility index (Phi) is 3.31. The molecule has 2 aromatic rings. The zero-order valence-electron chi connectivity index (χ0n) is 10.9. The number of benzene rings is 1. The summed E-state index contributed by atoms with van der Waals surface area (Å²) in [7, 11) is 0. The summed E-state index contributed by atoms with van der Waals surface area (Å²) in [5, 5.41) is 2.65. The number of rotatable bonds is 3. The smallest absolute Gasteiger partial charge is 0.255 e. The molecule has 1 aliphatic rings. The van der Waals surface area contributed by atoms with E-state index in [0.29, 0.717) is 11.5 Å². The number of nitrogen functional groups attached to an aromatic ring is 1. The summed E-state index contributed by atoms with van der Waals surface area (Å²) in [5.41, 5.74) is 6.40. The second-order valence-corrected chi connectivity index (χ2v) is 4.46. The number of pyridine rings is 1. The molecule has 0 fully saturated rings. The van der Waals surface area contributed by atoms with Gasteiger partial charge in [-0.3, -0.25) is 4.79 Å². The van der Waals surface area contributed by atoms with E-state index in [1.54, 1.807) is 18.2 Å². The Morgan fingerprint density at radius 3 is 3.00 bits per heavy atom. The van der Waals surface area contributed by atoms with Crippen molar-refractivity contribution in [1.29, 1.82) is 0 Å². The van der Waals surface area contributed by atoms with E-state index in [1.165, 1.54) is 0 Å². The highest BCUT2D eigenvalue weighted by atomic mass is 19.1. The standard InChI is InChI=1S/C14H12FN3O3/c15-9-4-10(13(16)17-6-9)14(19)18-5-8-1-2-11-12(3-8)21-7-20-11/h1-4,6H,5,7H2,(H2,16,17)(H,18,19). The van der Waals surface area contributed by atoms with Crippen molar-refractivity contribution in [3.63, 3.8) is 0 Å². The maximum atomic E-state index is 13.1. The number of carbonyl (C=O) groups excluding carboxylic acids is 1. The van der Waals surface area contributed by atoms with Crippen molar-refractivity contribution in [3.05, 3.63) is 47.4 Å². The van der Waals surface area contributed by atoms with Crippen molar-refractivity contribution in [3.8, 4) is 11.5 Å². The molecule has 0 saturated carbocycles. The number of aromatic nitrogens is 1. The largest absolute Gasteiger partial charge is 0.454 e. The summed E-state index contributed by atoms with van der Waals surface area (Å²) in [6.45, 7) is 0.446. The highest BCUT2D eigenvalue weighted by Crippen LogP contribution is 2.32. The molecule has 7 heteroatoms. The molecule has 1 aromatic heterocycles. The van der Waals surface area contributed by atoms with E-state index in [2.05, 4.69) is 10.3 Å². The highest BCUT2D eigenvalue weighted by molar-refractivity contribution is 5.98. The zero-order valence-corrected chi connectivity index (χ0v) is 10.9. The van der Waals surface area contributed by atoms with Gasteiger partial charge in [-0.2, -0.15) is 0 Å². The zero-order chi connectivity index (χ0) is 14.8. The SMILES string of the molecule is Nc1ncc(F)cc1C(=O)NCc1ccc2c(c1)OCO2. The Labute approximate surface area is 119 Å². The Bertz CT molecular complexity index is 706. The lowest BCUT2D eigenvalue weighted by Crippen LogP contribution is -2.24. The van der Waals surface area contributed by atoms with Crippen molar-refractivity contribution in [2.45, 2.75) is 6.54 Å². The minimum atomic E-state index is -0.613. The van der Waals surface area contributed by atoms with Crippen molar-refractivity contribution in [2.75, 3.05) is 12.5 Å². The first-order valence-corrected chi connectivity index (χ1v) is 6.21. The fraction of sp³-hybridized carbons (Fsp3) is 0.143. The van der Waals surface area contributed by atoms with Crippen LogP contribution < -0.4 is 20.5 Å². The number of nitrogens with zero attached hydrogens (tertiary/aromatic N) is 1. The molecule has 3 N–H and O–H groups in total. The van der Waals surface area contributed by atoms with Gasteiger partial charge in [0.15, 0.2) is 11.5 Å². The molecular formula is C14H12FN3O3. The van der Waals surface area contributed by atoms with Gasteiger partial charge in [0.25, 0.3) is 5.91 Å². The van der Waals surface area contributed by atoms with Gasteiger partial charge in [-0.1, -0.05) is 6.07 Å². The maximum Gasteiger partial charge on any atom is 0.255 e. The monoisotopic (exact) mass is 289 g/mol. The molecule has 6 nitrogen and oxygen atoms in total. The molecular weight excluding hydrogens is 277 g/mol. The van der Waals surface area contributed by atoms with Crippen LogP contribution in [-0.4, -0.2) is 17.7 Å². The summed E-state index contributed by atoms with van der Waals surface area (Å²) in [4.78, 5) is 15.6. The predicted molar refractivity (Wildman–Crippen MR) is 72.3 cm³/mol. The predicted octanol–water partition coefficient (Wildman–Crippen LogP) is 1.46. The molecule has 0 saturated heterocycles. The van der Waals surface area contributed by atoms with Crippen molar-refractivity contribution in [1.82, 2.24) is 10.3 Å². The second-order valence-electron chi connectivity index (χ2n) is 4.46. The molecule has 2 heterocycles. The van der Waals surface area contributed by atoms with Crippen molar-refractivity contribution < 1.29 is 18.7 Å². The maximum absolute atomic E-state index is 13.1. The molecule has 0 atom stereocenters. The van der Waals surface area contributed by atoms with Gasteiger partial charge in [-0.15, -0.1) is 0 Å². The first-order valence-electron chi connectivity index (χ1n) is 6.21. The van der Waals surface area contributed by atoms with E-state index in [4.69, 9.17) is 15.2 Å². The number of fused-ring (bicyclic) bond motifs is 1. The minimum absolute atomic E-state index is 0.00995.